The van der Waals surface area contributed by atoms with Gasteiger partial charge in [-0.05, 0) is 6.92 Å². The van der Waals surface area contributed by atoms with Crippen molar-refractivity contribution >= 4 is 10.3 Å². The highest BCUT2D eigenvalue weighted by Crippen LogP contribution is 2.12. The number of hydrogen-bond donors (Lipinski definition) is 1. The van der Waals surface area contributed by atoms with Gasteiger partial charge < -0.3 is 14.4 Å². The lowest BCUT2D eigenvalue weighted by atomic mass is 10.5. The second-order valence-corrected chi connectivity index (χ2v) is 4.84. The van der Waals surface area contributed by atoms with Crippen LogP contribution in [-0.2, 0) is 15.0 Å². The second-order valence-electron chi connectivity index (χ2n) is 3.10. The molecule has 1 aliphatic rings. The predicted molar refractivity (Wildman–Crippen MR) is 49.2 cm³/mol. The third-order valence-electron chi connectivity index (χ3n) is 1.96. The van der Waals surface area contributed by atoms with E-state index in [1.807, 2.05) is 0 Å². The van der Waals surface area contributed by atoms with E-state index < -0.39 is 14.2 Å². The molecule has 0 spiro atoms. The van der Waals surface area contributed by atoms with Gasteiger partial charge in [-0.3, -0.25) is 0 Å². The van der Waals surface area contributed by atoms with E-state index in [4.69, 9.17) is 9.84 Å². The standard InChI is InChI=1S/C5H11NO4S.C2H6O/c1-6(11(7,8)9)2-4-10-5-3-6;1-2-3/h2-5H2,1H3;3H,2H2,1H3. The summed E-state index contributed by atoms with van der Waals surface area (Å²) in [6, 6.07) is 0. The van der Waals surface area contributed by atoms with Crippen LogP contribution in [0, 0.1) is 0 Å². The number of aliphatic hydroxyl groups excluding tert-OH is 1. The topological polar surface area (TPSA) is 86.7 Å². The minimum Gasteiger partial charge on any atom is -0.702 e. The van der Waals surface area contributed by atoms with Gasteiger partial charge in [-0.15, -0.1) is 0 Å². The highest BCUT2D eigenvalue weighted by Gasteiger charge is 2.31. The van der Waals surface area contributed by atoms with Crippen molar-refractivity contribution < 1.29 is 26.7 Å². The SMILES string of the molecule is CCO.C[N+]1(S(=O)(=O)[O-])CCOCC1. The van der Waals surface area contributed by atoms with Gasteiger partial charge in [0, 0.05) is 6.61 Å². The van der Waals surface area contributed by atoms with E-state index >= 15 is 0 Å². The van der Waals surface area contributed by atoms with E-state index in [0.29, 0.717) is 13.2 Å². The molecule has 86 valence electrons. The van der Waals surface area contributed by atoms with Crippen LogP contribution in [0.2, 0.25) is 0 Å². The third-order valence-corrected chi connectivity index (χ3v) is 3.40. The molecule has 0 aromatic carbocycles. The molecule has 1 N–H and O–H groups in total. The normalized spacial score (nSPS) is 20.9. The minimum absolute atomic E-state index is 0.250. The maximum atomic E-state index is 10.7. The molecule has 1 aliphatic heterocycles. The van der Waals surface area contributed by atoms with Gasteiger partial charge in [0.2, 0.25) is 0 Å². The average molecular weight is 227 g/mol. The monoisotopic (exact) mass is 227 g/mol. The molecule has 0 radical (unpaired) electrons. The lowest BCUT2D eigenvalue weighted by Gasteiger charge is -2.37. The van der Waals surface area contributed by atoms with Crippen LogP contribution in [0.15, 0.2) is 0 Å². The number of ether oxygens (including phenoxy) is 1. The first-order valence-electron chi connectivity index (χ1n) is 4.36. The summed E-state index contributed by atoms with van der Waals surface area (Å²) >= 11 is 0. The molecule has 6 nitrogen and oxygen atoms in total. The van der Waals surface area contributed by atoms with Crippen LogP contribution in [0.5, 0.6) is 0 Å². The molecule has 0 aliphatic carbocycles. The third kappa shape index (κ3) is 3.89. The van der Waals surface area contributed by atoms with Gasteiger partial charge in [0.05, 0.1) is 20.3 Å². The van der Waals surface area contributed by atoms with Crippen molar-refractivity contribution in [3.8, 4) is 0 Å². The Hall–Kier alpha value is -0.210. The van der Waals surface area contributed by atoms with Crippen LogP contribution < -0.4 is 0 Å². The van der Waals surface area contributed by atoms with Crippen molar-refractivity contribution in [1.82, 2.24) is 0 Å². The van der Waals surface area contributed by atoms with Gasteiger partial charge >= 0.3 is 0 Å². The molecule has 0 amide bonds. The van der Waals surface area contributed by atoms with Crippen molar-refractivity contribution in [2.24, 2.45) is 0 Å². The fraction of sp³-hybridized carbons (Fsp3) is 1.00. The first-order chi connectivity index (χ1) is 6.37. The van der Waals surface area contributed by atoms with Crippen molar-refractivity contribution in [1.29, 1.82) is 0 Å². The maximum Gasteiger partial charge on any atom is 0.254 e. The number of quaternary nitrogens is 1. The first-order valence-corrected chi connectivity index (χ1v) is 5.73. The molecule has 0 unspecified atom stereocenters. The zero-order valence-corrected chi connectivity index (χ0v) is 9.29. The molecule has 7 heteroatoms. The number of hydrogen-bond acceptors (Lipinski definition) is 5. The van der Waals surface area contributed by atoms with Crippen LogP contribution >= 0.6 is 0 Å². The quantitative estimate of drug-likeness (QED) is 0.455. The van der Waals surface area contributed by atoms with Crippen molar-refractivity contribution in [3.63, 3.8) is 0 Å². The summed E-state index contributed by atoms with van der Waals surface area (Å²) < 4.78 is 36.5. The molecule has 14 heavy (non-hydrogen) atoms. The molecule has 0 atom stereocenters. The lowest BCUT2D eigenvalue weighted by Crippen LogP contribution is -2.55. The number of morpholine rings is 1. The lowest BCUT2D eigenvalue weighted by molar-refractivity contribution is -0.800. The summed E-state index contributed by atoms with van der Waals surface area (Å²) in [5.74, 6) is 0. The summed E-state index contributed by atoms with van der Waals surface area (Å²) in [7, 11) is -2.80. The molecule has 0 bridgehead atoms. The van der Waals surface area contributed by atoms with Gasteiger partial charge in [0.25, 0.3) is 10.3 Å². The number of rotatable bonds is 1. The molecule has 0 aromatic heterocycles. The molecule has 1 fully saturated rings. The summed E-state index contributed by atoms with van der Waals surface area (Å²) in [6.07, 6.45) is 0. The first kappa shape index (κ1) is 13.8. The van der Waals surface area contributed by atoms with Crippen LogP contribution in [0.1, 0.15) is 6.92 Å². The predicted octanol–water partition coefficient (Wildman–Crippen LogP) is -1.08. The number of aliphatic hydroxyl groups is 1. The summed E-state index contributed by atoms with van der Waals surface area (Å²) in [5.41, 5.74) is 0. The Kier molecular flexibility index (Phi) is 5.53. The molecule has 1 saturated heterocycles. The zero-order valence-electron chi connectivity index (χ0n) is 8.47. The molecule has 1 rings (SSSR count). The Labute approximate surface area is 84.6 Å². The highest BCUT2D eigenvalue weighted by atomic mass is 32.2. The number of likely N-dealkylation sites (N-methyl/N-ethyl adjacent to an activating group) is 1. The van der Waals surface area contributed by atoms with E-state index in [2.05, 4.69) is 0 Å². The zero-order chi connectivity index (χ0) is 11.2. The van der Waals surface area contributed by atoms with Gasteiger partial charge in [-0.2, -0.15) is 8.42 Å². The average Bonchev–Trinajstić information content (AvgIpc) is 2.05. The van der Waals surface area contributed by atoms with Crippen molar-refractivity contribution in [2.75, 3.05) is 40.0 Å². The molecule has 0 aromatic rings. The van der Waals surface area contributed by atoms with Crippen molar-refractivity contribution in [3.05, 3.63) is 0 Å². The van der Waals surface area contributed by atoms with E-state index in [1.54, 1.807) is 6.92 Å². The molecule has 1 heterocycles. The highest BCUT2D eigenvalue weighted by molar-refractivity contribution is 7.79. The largest absolute Gasteiger partial charge is 0.702 e. The summed E-state index contributed by atoms with van der Waals surface area (Å²) in [4.78, 5) is 0. The Morgan fingerprint density at radius 2 is 1.79 bits per heavy atom. The van der Waals surface area contributed by atoms with Gasteiger partial charge in [-0.1, -0.05) is 0 Å². The Morgan fingerprint density at radius 3 is 2.00 bits per heavy atom. The molecule has 0 saturated carbocycles. The maximum absolute atomic E-state index is 10.7. The van der Waals surface area contributed by atoms with Crippen LogP contribution in [0.4, 0.5) is 0 Å². The smallest absolute Gasteiger partial charge is 0.254 e. The van der Waals surface area contributed by atoms with Crippen LogP contribution in [-0.4, -0.2) is 61.9 Å². The fourth-order valence-electron chi connectivity index (χ4n) is 0.953. The Bertz CT molecular complexity index is 245. The molecular weight excluding hydrogens is 210 g/mol. The fourth-order valence-corrected chi connectivity index (χ4v) is 1.55. The van der Waals surface area contributed by atoms with Gasteiger partial charge in [-0.25, -0.2) is 3.89 Å². The Balaban J connectivity index is 0.000000500. The van der Waals surface area contributed by atoms with E-state index in [1.165, 1.54) is 7.05 Å². The molecular formula is C7H17NO5S. The minimum atomic E-state index is -4.22. The van der Waals surface area contributed by atoms with Crippen LogP contribution in [0.25, 0.3) is 0 Å². The number of nitrogens with zero attached hydrogens (tertiary/aromatic N) is 1. The Morgan fingerprint density at radius 1 is 1.43 bits per heavy atom. The second kappa shape index (κ2) is 5.62. The van der Waals surface area contributed by atoms with E-state index in [9.17, 15) is 13.0 Å². The summed E-state index contributed by atoms with van der Waals surface area (Å²) in [5, 5.41) is 7.57. The van der Waals surface area contributed by atoms with E-state index in [-0.39, 0.29) is 19.7 Å². The van der Waals surface area contributed by atoms with E-state index in [0.717, 1.165) is 0 Å². The van der Waals surface area contributed by atoms with Gasteiger partial charge in [0.15, 0.2) is 0 Å². The van der Waals surface area contributed by atoms with Crippen LogP contribution in [0.3, 0.4) is 0 Å². The van der Waals surface area contributed by atoms with Crippen molar-refractivity contribution in [2.45, 2.75) is 6.92 Å². The van der Waals surface area contributed by atoms with Gasteiger partial charge in [0.1, 0.15) is 13.1 Å². The summed E-state index contributed by atoms with van der Waals surface area (Å²) in [6.45, 7) is 3.13.